The van der Waals surface area contributed by atoms with Crippen LogP contribution < -0.4 is 5.32 Å². The zero-order valence-electron chi connectivity index (χ0n) is 10.7. The molecule has 0 radical (unpaired) electrons. The third-order valence-electron chi connectivity index (χ3n) is 2.20. The molecule has 0 aliphatic rings. The van der Waals surface area contributed by atoms with Gasteiger partial charge >= 0.3 is 5.97 Å². The molecular weight excluding hydrogens is 248 g/mol. The molecule has 0 fully saturated rings. The molecule has 0 heterocycles. The second-order valence-electron chi connectivity index (χ2n) is 3.75. The molecule has 1 aromatic rings. The quantitative estimate of drug-likeness (QED) is 0.802. The zero-order chi connectivity index (χ0) is 14.3. The maximum Gasteiger partial charge on any atom is 0.332 e. The summed E-state index contributed by atoms with van der Waals surface area (Å²) in [7, 11) is 1.36. The molecule has 1 N–H and O–H groups in total. The summed E-state index contributed by atoms with van der Waals surface area (Å²) in [6.45, 7) is 1.25. The number of carbonyl (C=O) groups is 2. The molecule has 1 rings (SSSR count). The Morgan fingerprint density at radius 2 is 2.21 bits per heavy atom. The van der Waals surface area contributed by atoms with Gasteiger partial charge in [0.05, 0.1) is 11.6 Å². The molecule has 0 unspecified atom stereocenters. The lowest BCUT2D eigenvalue weighted by molar-refractivity contribution is -0.156. The molecule has 0 aromatic heterocycles. The van der Waals surface area contributed by atoms with Gasteiger partial charge in [-0.3, -0.25) is 4.79 Å². The first-order chi connectivity index (χ1) is 9.06. The number of carbonyl (C=O) groups excluding carboxylic acids is 2. The van der Waals surface area contributed by atoms with Crippen LogP contribution in [0, 0.1) is 11.3 Å². The molecule has 1 aromatic carbocycles. The number of anilines is 1. The van der Waals surface area contributed by atoms with Gasteiger partial charge in [-0.05, 0) is 25.1 Å². The third kappa shape index (κ3) is 4.77. The largest absolute Gasteiger partial charge is 0.451 e. The molecule has 100 valence electrons. The monoisotopic (exact) mass is 262 g/mol. The Morgan fingerprint density at radius 3 is 2.84 bits per heavy atom. The van der Waals surface area contributed by atoms with Crippen molar-refractivity contribution in [2.45, 2.75) is 13.0 Å². The lowest BCUT2D eigenvalue weighted by atomic mass is 10.2. The van der Waals surface area contributed by atoms with Gasteiger partial charge in [0.1, 0.15) is 6.61 Å². The predicted octanol–water partition coefficient (Wildman–Crippen LogP) is 1.07. The molecule has 1 amide bonds. The molecule has 0 aliphatic heterocycles. The molecule has 6 nitrogen and oxygen atoms in total. The van der Waals surface area contributed by atoms with Crippen molar-refractivity contribution >= 4 is 17.6 Å². The van der Waals surface area contributed by atoms with Crippen molar-refractivity contribution in [1.82, 2.24) is 0 Å². The van der Waals surface area contributed by atoms with Crippen LogP contribution in [0.5, 0.6) is 0 Å². The van der Waals surface area contributed by atoms with Gasteiger partial charge in [0.2, 0.25) is 0 Å². The number of nitriles is 1. The molecule has 0 bridgehead atoms. The molecule has 1 atom stereocenters. The van der Waals surface area contributed by atoms with Gasteiger partial charge in [0, 0.05) is 12.8 Å². The number of benzene rings is 1. The lowest BCUT2D eigenvalue weighted by Crippen LogP contribution is -2.31. The Labute approximate surface area is 110 Å². The number of methoxy groups -OCH3 is 1. The smallest absolute Gasteiger partial charge is 0.332 e. The fourth-order valence-electron chi connectivity index (χ4n) is 1.31. The fourth-order valence-corrected chi connectivity index (χ4v) is 1.31. The SMILES string of the molecule is COCC(=O)O[C@H](C)C(=O)Nc1cccc(C#N)c1. The van der Waals surface area contributed by atoms with Crippen molar-refractivity contribution in [3.8, 4) is 6.07 Å². The highest BCUT2D eigenvalue weighted by atomic mass is 16.6. The highest BCUT2D eigenvalue weighted by Crippen LogP contribution is 2.10. The van der Waals surface area contributed by atoms with Gasteiger partial charge in [-0.2, -0.15) is 5.26 Å². The normalized spacial score (nSPS) is 11.2. The van der Waals surface area contributed by atoms with Crippen LogP contribution in [0.1, 0.15) is 12.5 Å². The van der Waals surface area contributed by atoms with Gasteiger partial charge < -0.3 is 14.8 Å². The Balaban J connectivity index is 2.59. The van der Waals surface area contributed by atoms with E-state index in [1.54, 1.807) is 18.2 Å². The van der Waals surface area contributed by atoms with Crippen molar-refractivity contribution < 1.29 is 19.1 Å². The number of hydrogen-bond donors (Lipinski definition) is 1. The summed E-state index contributed by atoms with van der Waals surface area (Å²) in [5.41, 5.74) is 0.903. The number of hydrogen-bond acceptors (Lipinski definition) is 5. The summed E-state index contributed by atoms with van der Waals surface area (Å²) < 4.78 is 9.43. The zero-order valence-corrected chi connectivity index (χ0v) is 10.7. The van der Waals surface area contributed by atoms with Gasteiger partial charge in [-0.15, -0.1) is 0 Å². The van der Waals surface area contributed by atoms with E-state index in [4.69, 9.17) is 10.00 Å². The van der Waals surface area contributed by atoms with E-state index < -0.39 is 18.0 Å². The van der Waals surface area contributed by atoms with Crippen molar-refractivity contribution in [2.24, 2.45) is 0 Å². The number of amides is 1. The average Bonchev–Trinajstić information content (AvgIpc) is 2.39. The van der Waals surface area contributed by atoms with Gasteiger partial charge in [0.15, 0.2) is 6.10 Å². The van der Waals surface area contributed by atoms with Crippen LogP contribution in [-0.2, 0) is 19.1 Å². The second-order valence-corrected chi connectivity index (χ2v) is 3.75. The van der Waals surface area contributed by atoms with E-state index in [2.05, 4.69) is 10.1 Å². The van der Waals surface area contributed by atoms with Crippen molar-refractivity contribution in [3.05, 3.63) is 29.8 Å². The summed E-state index contributed by atoms with van der Waals surface area (Å²) in [5, 5.41) is 11.3. The molecule has 0 saturated heterocycles. The number of nitrogens with one attached hydrogen (secondary N) is 1. The minimum Gasteiger partial charge on any atom is -0.451 e. The molecule has 6 heteroatoms. The van der Waals surface area contributed by atoms with E-state index in [0.717, 1.165) is 0 Å². The highest BCUT2D eigenvalue weighted by molar-refractivity contribution is 5.95. The topological polar surface area (TPSA) is 88.4 Å². The fraction of sp³-hybridized carbons (Fsp3) is 0.308. The van der Waals surface area contributed by atoms with Crippen LogP contribution in [0.2, 0.25) is 0 Å². The van der Waals surface area contributed by atoms with E-state index in [0.29, 0.717) is 11.3 Å². The van der Waals surface area contributed by atoms with Gasteiger partial charge in [-0.1, -0.05) is 6.07 Å². The van der Waals surface area contributed by atoms with Crippen LogP contribution in [-0.4, -0.2) is 31.7 Å². The maximum absolute atomic E-state index is 11.7. The third-order valence-corrected chi connectivity index (χ3v) is 2.20. The van der Waals surface area contributed by atoms with Crippen LogP contribution >= 0.6 is 0 Å². The van der Waals surface area contributed by atoms with E-state index in [1.165, 1.54) is 20.1 Å². The van der Waals surface area contributed by atoms with Crippen molar-refractivity contribution in [3.63, 3.8) is 0 Å². The molecule has 0 saturated carbocycles. The minimum absolute atomic E-state index is 0.207. The van der Waals surface area contributed by atoms with Crippen LogP contribution in [0.4, 0.5) is 5.69 Å². The van der Waals surface area contributed by atoms with Crippen molar-refractivity contribution in [2.75, 3.05) is 19.0 Å². The summed E-state index contributed by atoms with van der Waals surface area (Å²) >= 11 is 0. The Morgan fingerprint density at radius 1 is 1.47 bits per heavy atom. The summed E-state index contributed by atoms with van der Waals surface area (Å²) in [6.07, 6.45) is -0.937. The van der Waals surface area contributed by atoms with Gasteiger partial charge in [0.25, 0.3) is 5.91 Å². The lowest BCUT2D eigenvalue weighted by Gasteiger charge is -2.13. The first-order valence-electron chi connectivity index (χ1n) is 5.56. The van der Waals surface area contributed by atoms with E-state index in [1.807, 2.05) is 6.07 Å². The number of esters is 1. The standard InChI is InChI=1S/C13H14N2O4/c1-9(19-12(16)8-18-2)13(17)15-11-5-3-4-10(6-11)7-14/h3-6,9H,8H2,1-2H3,(H,15,17)/t9-/m1/s1. The number of ether oxygens (including phenoxy) is 2. The second kappa shape index (κ2) is 7.13. The van der Waals surface area contributed by atoms with E-state index in [-0.39, 0.29) is 6.61 Å². The molecule has 0 aliphatic carbocycles. The predicted molar refractivity (Wildman–Crippen MR) is 67.2 cm³/mol. The van der Waals surface area contributed by atoms with E-state index in [9.17, 15) is 9.59 Å². The molecule has 0 spiro atoms. The Hall–Kier alpha value is -2.39. The average molecular weight is 262 g/mol. The first kappa shape index (κ1) is 14.7. The number of rotatable bonds is 5. The Bertz CT molecular complexity index is 508. The maximum atomic E-state index is 11.7. The van der Waals surface area contributed by atoms with E-state index >= 15 is 0 Å². The number of nitrogens with zero attached hydrogens (tertiary/aromatic N) is 1. The van der Waals surface area contributed by atoms with Gasteiger partial charge in [-0.25, -0.2) is 4.79 Å². The van der Waals surface area contributed by atoms with Crippen LogP contribution in [0.25, 0.3) is 0 Å². The summed E-state index contributed by atoms with van der Waals surface area (Å²) in [5.74, 6) is -1.09. The molecule has 19 heavy (non-hydrogen) atoms. The first-order valence-corrected chi connectivity index (χ1v) is 5.56. The minimum atomic E-state index is -0.937. The molecular formula is C13H14N2O4. The Kier molecular flexibility index (Phi) is 5.51. The van der Waals surface area contributed by atoms with Crippen LogP contribution in [0.15, 0.2) is 24.3 Å². The van der Waals surface area contributed by atoms with Crippen LogP contribution in [0.3, 0.4) is 0 Å². The van der Waals surface area contributed by atoms with Crippen molar-refractivity contribution in [1.29, 1.82) is 5.26 Å². The summed E-state index contributed by atoms with van der Waals surface area (Å²) in [6, 6.07) is 8.41. The highest BCUT2D eigenvalue weighted by Gasteiger charge is 2.17. The summed E-state index contributed by atoms with van der Waals surface area (Å²) in [4.78, 5) is 22.9.